The minimum Gasteiger partial charge on any atom is -0.397 e. The molecule has 3 heteroatoms. The number of anilines is 3. The molecule has 82 valence electrons. The Kier molecular flexibility index (Phi) is 3.15. The van der Waals surface area contributed by atoms with E-state index in [0.717, 1.165) is 21.5 Å². The molecule has 2 aromatic carbocycles. The summed E-state index contributed by atoms with van der Waals surface area (Å²) in [5, 5.41) is 3.31. The molecule has 0 aliphatic carbocycles. The summed E-state index contributed by atoms with van der Waals surface area (Å²) < 4.78 is 1.02. The number of halogens is 1. The van der Waals surface area contributed by atoms with Crippen molar-refractivity contribution in [2.45, 2.75) is 6.92 Å². The molecule has 3 N–H and O–H groups in total. The molecule has 0 bridgehead atoms. The fourth-order valence-corrected chi connectivity index (χ4v) is 1.87. The van der Waals surface area contributed by atoms with Crippen molar-refractivity contribution in [1.82, 2.24) is 0 Å². The molecule has 0 aliphatic rings. The Morgan fingerprint density at radius 1 is 1.06 bits per heavy atom. The average molecular weight is 277 g/mol. The summed E-state index contributed by atoms with van der Waals surface area (Å²) in [6, 6.07) is 13.9. The normalized spacial score (nSPS) is 10.1. The first-order valence-electron chi connectivity index (χ1n) is 5.04. The fourth-order valence-electron chi connectivity index (χ4n) is 1.49. The van der Waals surface area contributed by atoms with Gasteiger partial charge in [0.2, 0.25) is 0 Å². The van der Waals surface area contributed by atoms with Gasteiger partial charge in [0.25, 0.3) is 0 Å². The van der Waals surface area contributed by atoms with Gasteiger partial charge in [-0.05, 0) is 52.7 Å². The first-order chi connectivity index (χ1) is 7.66. The van der Waals surface area contributed by atoms with Crippen LogP contribution in [-0.2, 0) is 0 Å². The first kappa shape index (κ1) is 11.0. The van der Waals surface area contributed by atoms with Crippen molar-refractivity contribution in [3.05, 3.63) is 52.5 Å². The second-order valence-corrected chi connectivity index (χ2v) is 4.55. The summed E-state index contributed by atoms with van der Waals surface area (Å²) in [5.41, 5.74) is 9.80. The van der Waals surface area contributed by atoms with Crippen molar-refractivity contribution in [3.63, 3.8) is 0 Å². The van der Waals surface area contributed by atoms with Crippen LogP contribution in [0.5, 0.6) is 0 Å². The lowest BCUT2D eigenvalue weighted by Gasteiger charge is -2.11. The molecule has 0 radical (unpaired) electrons. The Morgan fingerprint density at radius 3 is 2.56 bits per heavy atom. The van der Waals surface area contributed by atoms with Crippen LogP contribution in [0.4, 0.5) is 17.1 Å². The lowest BCUT2D eigenvalue weighted by Crippen LogP contribution is -1.97. The van der Waals surface area contributed by atoms with Crippen LogP contribution >= 0.6 is 15.9 Å². The van der Waals surface area contributed by atoms with E-state index in [0.29, 0.717) is 0 Å². The Labute approximate surface area is 104 Å². The lowest BCUT2D eigenvalue weighted by molar-refractivity contribution is 1.44. The molecule has 0 spiro atoms. The van der Waals surface area contributed by atoms with Crippen LogP contribution in [0, 0.1) is 6.92 Å². The number of aryl methyl sites for hydroxylation is 1. The fraction of sp³-hybridized carbons (Fsp3) is 0.0769. The molecular formula is C13H13BrN2. The number of nitrogens with two attached hydrogens (primary N) is 1. The molecular weight excluding hydrogens is 264 g/mol. The van der Waals surface area contributed by atoms with Crippen LogP contribution in [0.15, 0.2) is 46.9 Å². The zero-order valence-electron chi connectivity index (χ0n) is 9.00. The number of hydrogen-bond donors (Lipinski definition) is 2. The standard InChI is InChI=1S/C13H13BrN2/c1-9-6-7-11(15)13(8-9)16-12-5-3-2-4-10(12)14/h2-8,16H,15H2,1H3. The molecule has 16 heavy (non-hydrogen) atoms. The van der Waals surface area contributed by atoms with Gasteiger partial charge >= 0.3 is 0 Å². The molecule has 0 amide bonds. The summed E-state index contributed by atoms with van der Waals surface area (Å²) in [4.78, 5) is 0. The van der Waals surface area contributed by atoms with Crippen molar-refractivity contribution in [3.8, 4) is 0 Å². The van der Waals surface area contributed by atoms with Gasteiger partial charge in [-0.25, -0.2) is 0 Å². The third-order valence-electron chi connectivity index (χ3n) is 2.35. The summed E-state index contributed by atoms with van der Waals surface area (Å²) >= 11 is 3.49. The summed E-state index contributed by atoms with van der Waals surface area (Å²) in [6.07, 6.45) is 0. The van der Waals surface area contributed by atoms with E-state index < -0.39 is 0 Å². The van der Waals surface area contributed by atoms with E-state index in [9.17, 15) is 0 Å². The predicted octanol–water partition coefficient (Wildman–Crippen LogP) is 4.08. The average Bonchev–Trinajstić information content (AvgIpc) is 2.27. The van der Waals surface area contributed by atoms with E-state index in [1.54, 1.807) is 0 Å². The van der Waals surface area contributed by atoms with E-state index in [1.165, 1.54) is 5.56 Å². The molecule has 0 aliphatic heterocycles. The van der Waals surface area contributed by atoms with Crippen molar-refractivity contribution in [2.24, 2.45) is 0 Å². The van der Waals surface area contributed by atoms with Gasteiger partial charge in [0.05, 0.1) is 17.1 Å². The highest BCUT2D eigenvalue weighted by Crippen LogP contribution is 2.28. The molecule has 0 aromatic heterocycles. The molecule has 0 saturated carbocycles. The zero-order valence-corrected chi connectivity index (χ0v) is 10.6. The van der Waals surface area contributed by atoms with Crippen molar-refractivity contribution in [2.75, 3.05) is 11.1 Å². The molecule has 0 saturated heterocycles. The molecule has 0 heterocycles. The van der Waals surface area contributed by atoms with Crippen LogP contribution in [0.2, 0.25) is 0 Å². The van der Waals surface area contributed by atoms with Gasteiger partial charge in [-0.1, -0.05) is 18.2 Å². The Morgan fingerprint density at radius 2 is 1.81 bits per heavy atom. The van der Waals surface area contributed by atoms with Crippen molar-refractivity contribution < 1.29 is 0 Å². The predicted molar refractivity (Wildman–Crippen MR) is 73.0 cm³/mol. The van der Waals surface area contributed by atoms with Crippen molar-refractivity contribution >= 4 is 33.0 Å². The number of hydrogen-bond acceptors (Lipinski definition) is 2. The number of nitrogens with one attached hydrogen (secondary N) is 1. The molecule has 2 aromatic rings. The lowest BCUT2D eigenvalue weighted by atomic mass is 10.2. The summed E-state index contributed by atoms with van der Waals surface area (Å²) in [6.45, 7) is 2.05. The van der Waals surface area contributed by atoms with E-state index in [-0.39, 0.29) is 0 Å². The van der Waals surface area contributed by atoms with Gasteiger partial charge in [0.1, 0.15) is 0 Å². The third kappa shape index (κ3) is 2.36. The number of benzene rings is 2. The molecule has 2 nitrogen and oxygen atoms in total. The van der Waals surface area contributed by atoms with Crippen LogP contribution in [0.25, 0.3) is 0 Å². The van der Waals surface area contributed by atoms with Gasteiger partial charge < -0.3 is 11.1 Å². The topological polar surface area (TPSA) is 38.0 Å². The maximum absolute atomic E-state index is 5.91. The highest BCUT2D eigenvalue weighted by molar-refractivity contribution is 9.10. The van der Waals surface area contributed by atoms with Gasteiger partial charge in [0.15, 0.2) is 0 Å². The van der Waals surface area contributed by atoms with Gasteiger partial charge in [-0.2, -0.15) is 0 Å². The van der Waals surface area contributed by atoms with Crippen LogP contribution in [-0.4, -0.2) is 0 Å². The highest BCUT2D eigenvalue weighted by atomic mass is 79.9. The number of nitrogen functional groups attached to an aromatic ring is 1. The molecule has 2 rings (SSSR count). The number of rotatable bonds is 2. The van der Waals surface area contributed by atoms with E-state index in [1.807, 2.05) is 49.4 Å². The zero-order chi connectivity index (χ0) is 11.5. The summed E-state index contributed by atoms with van der Waals surface area (Å²) in [5.74, 6) is 0. The smallest absolute Gasteiger partial charge is 0.0620 e. The second kappa shape index (κ2) is 4.58. The monoisotopic (exact) mass is 276 g/mol. The maximum atomic E-state index is 5.91. The Balaban J connectivity index is 2.34. The highest BCUT2D eigenvalue weighted by Gasteiger charge is 2.02. The van der Waals surface area contributed by atoms with E-state index in [2.05, 4.69) is 21.2 Å². The minimum atomic E-state index is 0.751. The Bertz CT molecular complexity index is 509. The SMILES string of the molecule is Cc1ccc(N)c(Nc2ccccc2Br)c1. The van der Waals surface area contributed by atoms with E-state index >= 15 is 0 Å². The largest absolute Gasteiger partial charge is 0.397 e. The minimum absolute atomic E-state index is 0.751. The number of para-hydroxylation sites is 1. The molecule has 0 atom stereocenters. The van der Waals surface area contributed by atoms with Crippen LogP contribution < -0.4 is 11.1 Å². The van der Waals surface area contributed by atoms with Crippen LogP contribution in [0.3, 0.4) is 0 Å². The van der Waals surface area contributed by atoms with Gasteiger partial charge in [-0.3, -0.25) is 0 Å². The van der Waals surface area contributed by atoms with Gasteiger partial charge in [-0.15, -0.1) is 0 Å². The van der Waals surface area contributed by atoms with Crippen molar-refractivity contribution in [1.29, 1.82) is 0 Å². The quantitative estimate of drug-likeness (QED) is 0.811. The van der Waals surface area contributed by atoms with Gasteiger partial charge in [0, 0.05) is 4.47 Å². The third-order valence-corrected chi connectivity index (χ3v) is 3.04. The first-order valence-corrected chi connectivity index (χ1v) is 5.84. The Hall–Kier alpha value is -1.48. The van der Waals surface area contributed by atoms with Crippen LogP contribution in [0.1, 0.15) is 5.56 Å². The summed E-state index contributed by atoms with van der Waals surface area (Å²) in [7, 11) is 0. The van der Waals surface area contributed by atoms with E-state index in [4.69, 9.17) is 5.73 Å². The second-order valence-electron chi connectivity index (χ2n) is 3.70. The molecule has 0 unspecified atom stereocenters. The molecule has 0 fully saturated rings. The maximum Gasteiger partial charge on any atom is 0.0620 e.